The number of carbonyl (C=O) groups excluding carboxylic acids is 2. The summed E-state index contributed by atoms with van der Waals surface area (Å²) in [6.45, 7) is 13.3. The number of aryl methyl sites for hydroxylation is 2. The first-order valence-corrected chi connectivity index (χ1v) is 14.7. The van der Waals surface area contributed by atoms with Crippen LogP contribution in [0.15, 0.2) is 36.4 Å². The highest BCUT2D eigenvalue weighted by molar-refractivity contribution is 7.09. The fourth-order valence-electron chi connectivity index (χ4n) is 5.15. The van der Waals surface area contributed by atoms with Gasteiger partial charge in [0.1, 0.15) is 16.4 Å². The number of anilines is 3. The average Bonchev–Trinajstić information content (AvgIpc) is 3.59. The Hall–Kier alpha value is -3.66. The molecule has 0 saturated carbocycles. The number of amides is 2. The summed E-state index contributed by atoms with van der Waals surface area (Å²) < 4.78 is 9.94. The Balaban J connectivity index is 1.23. The van der Waals surface area contributed by atoms with E-state index in [0.717, 1.165) is 65.0 Å². The van der Waals surface area contributed by atoms with Crippen molar-refractivity contribution < 1.29 is 14.3 Å². The molecule has 3 aromatic rings. The summed E-state index contributed by atoms with van der Waals surface area (Å²) in [6, 6.07) is 12.3. The van der Waals surface area contributed by atoms with E-state index in [1.165, 1.54) is 17.1 Å². The number of piperazine rings is 1. The van der Waals surface area contributed by atoms with E-state index in [1.807, 2.05) is 57.7 Å². The van der Waals surface area contributed by atoms with Gasteiger partial charge < -0.3 is 24.8 Å². The molecule has 0 atom stereocenters. The Morgan fingerprint density at radius 1 is 1.05 bits per heavy atom. The summed E-state index contributed by atoms with van der Waals surface area (Å²) in [5, 5.41) is 4.25. The van der Waals surface area contributed by atoms with Crippen molar-refractivity contribution in [3.05, 3.63) is 53.3 Å². The first-order chi connectivity index (χ1) is 19.1. The number of hydrogen-bond donors (Lipinski definition) is 1. The van der Waals surface area contributed by atoms with Crippen LogP contribution in [0.25, 0.3) is 10.6 Å². The molecule has 1 N–H and O–H groups in total. The molecule has 0 bridgehead atoms. The van der Waals surface area contributed by atoms with Crippen LogP contribution in [-0.2, 0) is 22.4 Å². The first-order valence-electron chi connectivity index (χ1n) is 14.0. The van der Waals surface area contributed by atoms with Gasteiger partial charge in [0.25, 0.3) is 0 Å². The van der Waals surface area contributed by atoms with Gasteiger partial charge in [-0.3, -0.25) is 4.79 Å². The van der Waals surface area contributed by atoms with Crippen LogP contribution in [0.5, 0.6) is 0 Å². The summed E-state index contributed by atoms with van der Waals surface area (Å²) >= 11 is 1.40. The lowest BCUT2D eigenvalue weighted by Gasteiger charge is -2.37. The van der Waals surface area contributed by atoms with E-state index < -0.39 is 5.60 Å². The molecule has 5 rings (SSSR count). The van der Waals surface area contributed by atoms with E-state index in [0.29, 0.717) is 19.6 Å². The van der Waals surface area contributed by atoms with Gasteiger partial charge >= 0.3 is 6.09 Å². The summed E-state index contributed by atoms with van der Waals surface area (Å²) in [5.74, 6) is 0.891. The van der Waals surface area contributed by atoms with Gasteiger partial charge in [0.15, 0.2) is 0 Å². The van der Waals surface area contributed by atoms with Crippen molar-refractivity contribution >= 4 is 40.6 Å². The Labute approximate surface area is 240 Å². The van der Waals surface area contributed by atoms with E-state index in [-0.39, 0.29) is 18.5 Å². The first kappa shape index (κ1) is 27.9. The molecule has 2 amide bonds. The maximum absolute atomic E-state index is 13.4. The zero-order valence-electron chi connectivity index (χ0n) is 24.0. The highest BCUT2D eigenvalue weighted by Crippen LogP contribution is 2.36. The molecular weight excluding hydrogens is 524 g/mol. The third-order valence-electron chi connectivity index (χ3n) is 7.27. The number of aromatic nitrogens is 2. The van der Waals surface area contributed by atoms with Gasteiger partial charge in [0.2, 0.25) is 5.91 Å². The van der Waals surface area contributed by atoms with Crippen molar-refractivity contribution in [2.45, 2.75) is 53.1 Å². The van der Waals surface area contributed by atoms with Crippen molar-refractivity contribution in [3.63, 3.8) is 0 Å². The second-order valence-corrected chi connectivity index (χ2v) is 12.0. The minimum Gasteiger partial charge on any atom is -0.444 e. The van der Waals surface area contributed by atoms with Gasteiger partial charge in [-0.25, -0.2) is 9.78 Å². The van der Waals surface area contributed by atoms with E-state index in [2.05, 4.69) is 37.8 Å². The fraction of sp³-hybridized carbons (Fsp3) is 0.467. The average molecular weight is 563 g/mol. The molecule has 9 nitrogen and oxygen atoms in total. The number of hydrogen-bond acceptors (Lipinski definition) is 8. The van der Waals surface area contributed by atoms with Crippen LogP contribution in [0.1, 0.15) is 44.6 Å². The second kappa shape index (κ2) is 11.4. The van der Waals surface area contributed by atoms with Crippen LogP contribution < -0.4 is 15.1 Å². The highest BCUT2D eigenvalue weighted by atomic mass is 32.1. The molecule has 0 aliphatic carbocycles. The van der Waals surface area contributed by atoms with Gasteiger partial charge in [0.05, 0.1) is 6.54 Å². The van der Waals surface area contributed by atoms with Crippen LogP contribution >= 0.6 is 11.5 Å². The minimum absolute atomic E-state index is 0.0413. The lowest BCUT2D eigenvalue weighted by Crippen LogP contribution is -2.50. The van der Waals surface area contributed by atoms with E-state index in [9.17, 15) is 9.59 Å². The largest absolute Gasteiger partial charge is 0.444 e. The van der Waals surface area contributed by atoms with Gasteiger partial charge in [-0.15, -0.1) is 0 Å². The van der Waals surface area contributed by atoms with E-state index in [4.69, 9.17) is 4.74 Å². The third-order valence-corrected chi connectivity index (χ3v) is 8.08. The molecule has 1 saturated heterocycles. The maximum Gasteiger partial charge on any atom is 0.410 e. The molecule has 2 aromatic carbocycles. The molecular formula is C30H38N6O3S. The molecule has 0 unspecified atom stereocenters. The number of benzene rings is 2. The fourth-order valence-corrected chi connectivity index (χ4v) is 5.89. The summed E-state index contributed by atoms with van der Waals surface area (Å²) in [6.07, 6.45) is 1.36. The van der Waals surface area contributed by atoms with Crippen LogP contribution in [0.4, 0.5) is 21.9 Å². The SMILES string of the molecule is CCc1nsc(-c2ccc(C)c(NCC(=O)N3CCc4c(N5CCN(C(=O)OC(C)(C)C)CC5)cccc43)c2)n1. The number of rotatable bonds is 6. The zero-order chi connectivity index (χ0) is 28.4. The quantitative estimate of drug-likeness (QED) is 0.445. The predicted molar refractivity (Wildman–Crippen MR) is 160 cm³/mol. The normalized spacial score (nSPS) is 15.3. The third kappa shape index (κ3) is 6.06. The minimum atomic E-state index is -0.502. The summed E-state index contributed by atoms with van der Waals surface area (Å²) in [5.41, 5.74) is 5.82. The highest BCUT2D eigenvalue weighted by Gasteiger charge is 2.31. The number of ether oxygens (including phenoxy) is 1. The molecule has 1 aromatic heterocycles. The van der Waals surface area contributed by atoms with Gasteiger partial charge in [-0.2, -0.15) is 4.37 Å². The number of nitrogens with zero attached hydrogens (tertiary/aromatic N) is 5. The Bertz CT molecular complexity index is 1390. The van der Waals surface area contributed by atoms with Crippen molar-refractivity contribution in [1.82, 2.24) is 14.3 Å². The Morgan fingerprint density at radius 2 is 1.80 bits per heavy atom. The van der Waals surface area contributed by atoms with Crippen molar-refractivity contribution in [2.75, 3.05) is 54.4 Å². The summed E-state index contributed by atoms with van der Waals surface area (Å²) in [7, 11) is 0. The van der Waals surface area contributed by atoms with Crippen LogP contribution in [0.3, 0.4) is 0 Å². The molecule has 0 spiro atoms. The smallest absolute Gasteiger partial charge is 0.410 e. The van der Waals surface area contributed by atoms with Gasteiger partial charge in [-0.05, 0) is 69.4 Å². The monoisotopic (exact) mass is 562 g/mol. The Kier molecular flexibility index (Phi) is 7.98. The predicted octanol–water partition coefficient (Wildman–Crippen LogP) is 5.13. The zero-order valence-corrected chi connectivity index (χ0v) is 24.8. The van der Waals surface area contributed by atoms with E-state index >= 15 is 0 Å². The number of nitrogens with one attached hydrogen (secondary N) is 1. The molecule has 2 aliphatic heterocycles. The standard InChI is InChI=1S/C30H38N6O3S/c1-6-26-32-28(40-33-26)21-11-10-20(2)23(18-21)31-19-27(37)36-13-12-22-24(8-7-9-25(22)36)34-14-16-35(17-15-34)29(38)39-30(3,4)5/h7-11,18,31H,6,12-17,19H2,1-5H3. The Morgan fingerprint density at radius 3 is 2.50 bits per heavy atom. The molecule has 2 aliphatic rings. The molecule has 40 heavy (non-hydrogen) atoms. The molecule has 10 heteroatoms. The number of fused-ring (bicyclic) bond motifs is 1. The van der Waals surface area contributed by atoms with Crippen LogP contribution in [0, 0.1) is 6.92 Å². The van der Waals surface area contributed by atoms with Gasteiger partial charge in [0, 0.05) is 67.3 Å². The second-order valence-electron chi connectivity index (χ2n) is 11.3. The lowest BCUT2D eigenvalue weighted by atomic mass is 10.1. The van der Waals surface area contributed by atoms with E-state index in [1.54, 1.807) is 4.90 Å². The lowest BCUT2D eigenvalue weighted by molar-refractivity contribution is -0.116. The molecule has 0 radical (unpaired) electrons. The van der Waals surface area contributed by atoms with Gasteiger partial charge in [-0.1, -0.05) is 25.1 Å². The van der Waals surface area contributed by atoms with Crippen LogP contribution in [0.2, 0.25) is 0 Å². The maximum atomic E-state index is 13.4. The van der Waals surface area contributed by atoms with Crippen molar-refractivity contribution in [2.24, 2.45) is 0 Å². The summed E-state index contributed by atoms with van der Waals surface area (Å²) in [4.78, 5) is 36.4. The molecule has 3 heterocycles. The molecule has 1 fully saturated rings. The topological polar surface area (TPSA) is 90.9 Å². The molecule has 212 valence electrons. The van der Waals surface area contributed by atoms with Crippen molar-refractivity contribution in [3.8, 4) is 10.6 Å². The number of carbonyl (C=O) groups is 2. The van der Waals surface area contributed by atoms with Crippen LogP contribution in [-0.4, -0.2) is 71.1 Å². The van der Waals surface area contributed by atoms with Crippen molar-refractivity contribution in [1.29, 1.82) is 0 Å².